The van der Waals surface area contributed by atoms with Crippen LogP contribution in [0.4, 0.5) is 13.2 Å². The third-order valence-corrected chi connectivity index (χ3v) is 3.50. The minimum absolute atomic E-state index is 0.145. The van der Waals surface area contributed by atoms with Crippen molar-refractivity contribution in [3.8, 4) is 11.4 Å². The van der Waals surface area contributed by atoms with E-state index in [0.717, 1.165) is 39.8 Å². The van der Waals surface area contributed by atoms with Gasteiger partial charge in [0, 0.05) is 5.56 Å². The number of H-pyrrole nitrogens is 1. The molecule has 0 atom stereocenters. The van der Waals surface area contributed by atoms with Gasteiger partial charge in [-0.05, 0) is 36.4 Å². The van der Waals surface area contributed by atoms with Crippen LogP contribution < -0.4 is 15.3 Å². The van der Waals surface area contributed by atoms with E-state index in [2.05, 4.69) is 5.21 Å². The van der Waals surface area contributed by atoms with E-state index in [9.17, 15) is 27.9 Å². The zero-order chi connectivity index (χ0) is 18.2. The summed E-state index contributed by atoms with van der Waals surface area (Å²) in [7, 11) is 0. The highest BCUT2D eigenvalue weighted by atomic mass is 19.4. The molecule has 0 bridgehead atoms. The van der Waals surface area contributed by atoms with Crippen LogP contribution in [0.3, 0.4) is 0 Å². The Hall–Kier alpha value is -3.36. The molecule has 0 aliphatic rings. The lowest BCUT2D eigenvalue weighted by Crippen LogP contribution is -2.37. The number of carboxylic acid groups (broad SMARTS) is 1. The number of hydrogen-bond donors (Lipinski definition) is 1. The number of para-hydroxylation sites is 1. The topological polar surface area (TPSA) is 81.8 Å². The SMILES string of the molecule is O=C([O-])c1ccccc1-[n+]1cc(=O)n(-c2ccc(C(F)(F)F)cc2)[nH]1. The Kier molecular flexibility index (Phi) is 3.91. The number of carbonyl (C=O) groups is 1. The summed E-state index contributed by atoms with van der Waals surface area (Å²) in [4.78, 5) is 23.3. The highest BCUT2D eigenvalue weighted by Gasteiger charge is 2.30. The molecule has 0 spiro atoms. The molecule has 0 saturated heterocycles. The Bertz CT molecular complexity index is 988. The van der Waals surface area contributed by atoms with Crippen molar-refractivity contribution in [3.05, 3.63) is 76.2 Å². The molecule has 1 heterocycles. The number of aromatic nitrogens is 3. The van der Waals surface area contributed by atoms with Gasteiger partial charge in [-0.25, -0.2) is 4.79 Å². The highest BCUT2D eigenvalue weighted by Crippen LogP contribution is 2.29. The Balaban J connectivity index is 2.05. The number of rotatable bonds is 3. The van der Waals surface area contributed by atoms with Gasteiger partial charge in [0.1, 0.15) is 0 Å². The van der Waals surface area contributed by atoms with Crippen LogP contribution in [0.25, 0.3) is 11.4 Å². The van der Waals surface area contributed by atoms with E-state index in [1.807, 2.05) is 0 Å². The van der Waals surface area contributed by atoms with Gasteiger partial charge in [0.2, 0.25) is 6.20 Å². The molecule has 3 rings (SSSR count). The molecule has 9 heteroatoms. The first-order chi connectivity index (χ1) is 11.8. The van der Waals surface area contributed by atoms with Crippen molar-refractivity contribution in [2.24, 2.45) is 0 Å². The van der Waals surface area contributed by atoms with Gasteiger partial charge in [0.25, 0.3) is 0 Å². The van der Waals surface area contributed by atoms with Crippen LogP contribution in [0, 0.1) is 0 Å². The van der Waals surface area contributed by atoms with E-state index in [1.54, 1.807) is 6.07 Å². The van der Waals surface area contributed by atoms with Crippen molar-refractivity contribution >= 4 is 5.97 Å². The van der Waals surface area contributed by atoms with Crippen LogP contribution in [0.5, 0.6) is 0 Å². The van der Waals surface area contributed by atoms with Gasteiger partial charge in [-0.15, -0.1) is 4.68 Å². The molecule has 0 aliphatic heterocycles. The lowest BCUT2D eigenvalue weighted by molar-refractivity contribution is -0.661. The molecular weight excluding hydrogens is 339 g/mol. The van der Waals surface area contributed by atoms with Gasteiger partial charge >= 0.3 is 11.7 Å². The maximum atomic E-state index is 12.6. The van der Waals surface area contributed by atoms with E-state index >= 15 is 0 Å². The molecule has 2 aromatic carbocycles. The standard InChI is InChI=1S/C16H10F3N3O3/c17-16(18,19)10-5-7-11(8-6-10)22-14(23)9-21(20-22)13-4-2-1-3-12(13)15(24)25/h1-9H,(H-,20,23,24,25). The second-order valence-electron chi connectivity index (χ2n) is 5.12. The predicted molar refractivity (Wildman–Crippen MR) is 77.3 cm³/mol. The molecule has 0 radical (unpaired) electrons. The van der Waals surface area contributed by atoms with Crippen LogP contribution in [-0.2, 0) is 6.18 Å². The van der Waals surface area contributed by atoms with Gasteiger partial charge in [-0.3, -0.25) is 0 Å². The molecule has 0 unspecified atom stereocenters. The number of hydrogen-bond acceptors (Lipinski definition) is 3. The van der Waals surface area contributed by atoms with Crippen molar-refractivity contribution in [3.63, 3.8) is 0 Å². The molecule has 1 aromatic heterocycles. The van der Waals surface area contributed by atoms with Crippen LogP contribution in [0.1, 0.15) is 15.9 Å². The lowest BCUT2D eigenvalue weighted by atomic mass is 10.2. The van der Waals surface area contributed by atoms with Gasteiger partial charge in [-0.1, -0.05) is 22.0 Å². The summed E-state index contributed by atoms with van der Waals surface area (Å²) in [5.41, 5.74) is -1.24. The van der Waals surface area contributed by atoms with Crippen LogP contribution in [0.15, 0.2) is 59.5 Å². The van der Waals surface area contributed by atoms with Gasteiger partial charge in [0.15, 0.2) is 11.4 Å². The Morgan fingerprint density at radius 2 is 1.72 bits per heavy atom. The average Bonchev–Trinajstić information content (AvgIpc) is 2.96. The van der Waals surface area contributed by atoms with Crippen molar-refractivity contribution in [1.29, 1.82) is 0 Å². The van der Waals surface area contributed by atoms with E-state index in [1.165, 1.54) is 18.2 Å². The summed E-state index contributed by atoms with van der Waals surface area (Å²) in [5, 5.41) is 13.8. The van der Waals surface area contributed by atoms with E-state index in [0.29, 0.717) is 0 Å². The molecule has 3 aromatic rings. The Labute approximate surface area is 138 Å². The fourth-order valence-corrected chi connectivity index (χ4v) is 2.32. The van der Waals surface area contributed by atoms with Gasteiger partial charge in [0.05, 0.1) is 11.5 Å². The van der Waals surface area contributed by atoms with Crippen molar-refractivity contribution in [2.45, 2.75) is 6.18 Å². The molecule has 0 saturated carbocycles. The number of nitrogens with zero attached hydrogens (tertiary/aromatic N) is 2. The summed E-state index contributed by atoms with van der Waals surface area (Å²) < 4.78 is 40.0. The molecule has 0 fully saturated rings. The molecular formula is C16H10F3N3O3. The molecule has 1 N–H and O–H groups in total. The Morgan fingerprint density at radius 1 is 1.08 bits per heavy atom. The first kappa shape index (κ1) is 16.5. The monoisotopic (exact) mass is 349 g/mol. The predicted octanol–water partition coefficient (Wildman–Crippen LogP) is 0.825. The van der Waals surface area contributed by atoms with Crippen LogP contribution >= 0.6 is 0 Å². The maximum absolute atomic E-state index is 12.6. The summed E-state index contributed by atoms with van der Waals surface area (Å²) >= 11 is 0. The van der Waals surface area contributed by atoms with E-state index in [-0.39, 0.29) is 16.9 Å². The second-order valence-corrected chi connectivity index (χ2v) is 5.12. The number of halogens is 3. The molecule has 25 heavy (non-hydrogen) atoms. The quantitative estimate of drug-likeness (QED) is 0.711. The fourth-order valence-electron chi connectivity index (χ4n) is 2.32. The number of carbonyl (C=O) groups excluding carboxylic acids is 1. The molecule has 128 valence electrons. The first-order valence-corrected chi connectivity index (χ1v) is 6.99. The fraction of sp³-hybridized carbons (Fsp3) is 0.0625. The number of alkyl halides is 3. The third kappa shape index (κ3) is 3.16. The van der Waals surface area contributed by atoms with Crippen LogP contribution in [0.2, 0.25) is 0 Å². The van der Waals surface area contributed by atoms with Crippen molar-refractivity contribution in [2.75, 3.05) is 0 Å². The minimum Gasteiger partial charge on any atom is -0.545 e. The number of aromatic carboxylic acids is 1. The molecule has 6 nitrogen and oxygen atoms in total. The van der Waals surface area contributed by atoms with Crippen molar-refractivity contribution < 1.29 is 27.8 Å². The average molecular weight is 349 g/mol. The first-order valence-electron chi connectivity index (χ1n) is 6.99. The summed E-state index contributed by atoms with van der Waals surface area (Å²) in [6.07, 6.45) is -3.40. The normalized spacial score (nSPS) is 11.5. The third-order valence-electron chi connectivity index (χ3n) is 3.50. The zero-order valence-electron chi connectivity index (χ0n) is 12.4. The van der Waals surface area contributed by atoms with Gasteiger partial charge in [-0.2, -0.15) is 13.2 Å². The number of benzene rings is 2. The number of carboxylic acids is 1. The zero-order valence-corrected chi connectivity index (χ0v) is 12.4. The van der Waals surface area contributed by atoms with E-state index < -0.39 is 23.3 Å². The maximum Gasteiger partial charge on any atom is 0.416 e. The summed E-state index contributed by atoms with van der Waals surface area (Å²) in [5.74, 6) is -1.42. The molecule has 0 amide bonds. The summed E-state index contributed by atoms with van der Waals surface area (Å²) in [6, 6.07) is 9.81. The number of nitrogens with one attached hydrogen (secondary N) is 1. The smallest absolute Gasteiger partial charge is 0.416 e. The molecule has 0 aliphatic carbocycles. The van der Waals surface area contributed by atoms with E-state index in [4.69, 9.17) is 0 Å². The van der Waals surface area contributed by atoms with Crippen molar-refractivity contribution in [1.82, 2.24) is 9.90 Å². The Morgan fingerprint density at radius 3 is 2.32 bits per heavy atom. The minimum atomic E-state index is -4.48. The largest absolute Gasteiger partial charge is 0.545 e. The number of aromatic amines is 1. The van der Waals surface area contributed by atoms with Crippen LogP contribution in [-0.4, -0.2) is 15.9 Å². The highest BCUT2D eigenvalue weighted by molar-refractivity contribution is 5.89. The second kappa shape index (κ2) is 5.93. The summed E-state index contributed by atoms with van der Waals surface area (Å²) in [6.45, 7) is 0. The lowest BCUT2D eigenvalue weighted by Gasteiger charge is -2.06. The van der Waals surface area contributed by atoms with Gasteiger partial charge < -0.3 is 9.90 Å².